The Morgan fingerprint density at radius 3 is 2.44 bits per heavy atom. The lowest BCUT2D eigenvalue weighted by atomic mass is 9.82. The van der Waals surface area contributed by atoms with E-state index in [-0.39, 0.29) is 17.7 Å². The zero-order valence-corrected chi connectivity index (χ0v) is 10.8. The molecule has 94 valence electrons. The van der Waals surface area contributed by atoms with E-state index in [4.69, 9.17) is 0 Å². The Hall–Kier alpha value is -0.610. The van der Waals surface area contributed by atoms with Crippen LogP contribution >= 0.6 is 0 Å². The maximum atomic E-state index is 11.9. The van der Waals surface area contributed by atoms with Crippen molar-refractivity contribution in [2.75, 3.05) is 26.2 Å². The summed E-state index contributed by atoms with van der Waals surface area (Å²) >= 11 is 0. The molecule has 1 atom stereocenters. The van der Waals surface area contributed by atoms with Gasteiger partial charge in [-0.1, -0.05) is 27.7 Å². The third-order valence-corrected chi connectivity index (χ3v) is 3.44. The van der Waals surface area contributed by atoms with Crippen LogP contribution in [0.3, 0.4) is 0 Å². The van der Waals surface area contributed by atoms with Crippen LogP contribution in [0.25, 0.3) is 0 Å². The van der Waals surface area contributed by atoms with Crippen molar-refractivity contribution in [1.29, 1.82) is 0 Å². The van der Waals surface area contributed by atoms with E-state index < -0.39 is 5.60 Å². The molecule has 1 amide bonds. The predicted octanol–water partition coefficient (Wildman–Crippen LogP) is 0.461. The Morgan fingerprint density at radius 2 is 2.00 bits per heavy atom. The molecule has 4 heteroatoms. The Bertz CT molecular complexity index is 247. The summed E-state index contributed by atoms with van der Waals surface area (Å²) in [7, 11) is 0. The van der Waals surface area contributed by atoms with Crippen LogP contribution in [-0.2, 0) is 4.79 Å². The summed E-state index contributed by atoms with van der Waals surface area (Å²) < 4.78 is 0. The molecule has 1 rings (SSSR count). The summed E-state index contributed by atoms with van der Waals surface area (Å²) in [6, 6.07) is 0. The molecule has 0 saturated carbocycles. The van der Waals surface area contributed by atoms with E-state index in [1.807, 2.05) is 27.7 Å². The summed E-state index contributed by atoms with van der Waals surface area (Å²) in [5.41, 5.74) is -0.659. The van der Waals surface area contributed by atoms with E-state index >= 15 is 0 Å². The molecule has 0 aromatic heterocycles. The van der Waals surface area contributed by atoms with E-state index in [0.29, 0.717) is 19.6 Å². The van der Waals surface area contributed by atoms with Crippen molar-refractivity contribution in [2.24, 2.45) is 11.8 Å². The average Bonchev–Trinajstić information content (AvgIpc) is 2.19. The van der Waals surface area contributed by atoms with Gasteiger partial charge in [0.25, 0.3) is 0 Å². The second-order valence-electron chi connectivity index (χ2n) is 5.16. The lowest BCUT2D eigenvalue weighted by Gasteiger charge is -2.49. The number of hydrogen-bond acceptors (Lipinski definition) is 3. The molecule has 0 spiro atoms. The third-order valence-electron chi connectivity index (χ3n) is 3.44. The molecule has 0 aromatic rings. The Balaban J connectivity index is 2.36. The Labute approximate surface area is 98.0 Å². The highest BCUT2D eigenvalue weighted by atomic mass is 16.3. The van der Waals surface area contributed by atoms with Crippen LogP contribution in [0.15, 0.2) is 0 Å². The molecular formula is C12H24N2O2. The minimum atomic E-state index is -0.659. The van der Waals surface area contributed by atoms with Gasteiger partial charge in [-0.3, -0.25) is 4.79 Å². The zero-order valence-electron chi connectivity index (χ0n) is 10.8. The van der Waals surface area contributed by atoms with Crippen LogP contribution in [0.1, 0.15) is 27.7 Å². The molecule has 16 heavy (non-hydrogen) atoms. The maximum absolute atomic E-state index is 11.9. The third kappa shape index (κ3) is 2.74. The fraction of sp³-hybridized carbons (Fsp3) is 0.917. The molecule has 1 unspecified atom stereocenters. The first-order valence-electron chi connectivity index (χ1n) is 6.12. The number of nitrogens with zero attached hydrogens (tertiary/aromatic N) is 1. The fourth-order valence-corrected chi connectivity index (χ4v) is 1.90. The number of aliphatic hydroxyl groups is 1. The average molecular weight is 228 g/mol. The molecule has 0 radical (unpaired) electrons. The topological polar surface area (TPSA) is 52.6 Å². The number of amides is 1. The summed E-state index contributed by atoms with van der Waals surface area (Å²) in [5, 5.41) is 13.2. The normalized spacial score (nSPS) is 20.8. The number of carbonyl (C=O) groups is 1. The number of carbonyl (C=O) groups excluding carboxylic acids is 1. The molecule has 0 aromatic carbocycles. The molecule has 1 aliphatic heterocycles. The summed E-state index contributed by atoms with van der Waals surface area (Å²) in [5.74, 6) is 0.351. The molecule has 1 fully saturated rings. The first-order chi connectivity index (χ1) is 7.40. The van der Waals surface area contributed by atoms with Crippen molar-refractivity contribution in [2.45, 2.75) is 33.3 Å². The van der Waals surface area contributed by atoms with Crippen molar-refractivity contribution < 1.29 is 9.90 Å². The second-order valence-corrected chi connectivity index (χ2v) is 5.16. The van der Waals surface area contributed by atoms with Gasteiger partial charge in [0.1, 0.15) is 5.60 Å². The van der Waals surface area contributed by atoms with Crippen LogP contribution in [0.5, 0.6) is 0 Å². The van der Waals surface area contributed by atoms with Gasteiger partial charge in [-0.15, -0.1) is 0 Å². The first kappa shape index (κ1) is 13.5. The SMILES string of the molecule is CCNCC(C)C(=O)N1CC(O)(C(C)C)C1. The van der Waals surface area contributed by atoms with Gasteiger partial charge in [-0.05, 0) is 12.5 Å². The highest BCUT2D eigenvalue weighted by Gasteiger charge is 2.46. The highest BCUT2D eigenvalue weighted by Crippen LogP contribution is 2.29. The largest absolute Gasteiger partial charge is 0.386 e. The summed E-state index contributed by atoms with van der Waals surface area (Å²) in [6.45, 7) is 10.5. The van der Waals surface area contributed by atoms with Crippen molar-refractivity contribution in [1.82, 2.24) is 10.2 Å². The van der Waals surface area contributed by atoms with Gasteiger partial charge >= 0.3 is 0 Å². The number of likely N-dealkylation sites (tertiary alicyclic amines) is 1. The van der Waals surface area contributed by atoms with Gasteiger partial charge in [0.05, 0.1) is 13.1 Å². The highest BCUT2D eigenvalue weighted by molar-refractivity contribution is 5.79. The van der Waals surface area contributed by atoms with Gasteiger partial charge in [0, 0.05) is 12.5 Å². The molecule has 0 aliphatic carbocycles. The van der Waals surface area contributed by atoms with E-state index in [1.165, 1.54) is 0 Å². The van der Waals surface area contributed by atoms with E-state index in [2.05, 4.69) is 5.32 Å². The molecule has 1 aliphatic rings. The Kier molecular flexibility index (Phi) is 4.33. The molecule has 2 N–H and O–H groups in total. The smallest absolute Gasteiger partial charge is 0.226 e. The molecule has 1 saturated heterocycles. The van der Waals surface area contributed by atoms with Crippen molar-refractivity contribution >= 4 is 5.91 Å². The summed E-state index contributed by atoms with van der Waals surface area (Å²) in [6.07, 6.45) is 0. The van der Waals surface area contributed by atoms with Crippen molar-refractivity contribution in [3.05, 3.63) is 0 Å². The van der Waals surface area contributed by atoms with Crippen LogP contribution in [0, 0.1) is 11.8 Å². The van der Waals surface area contributed by atoms with Crippen LogP contribution in [0.2, 0.25) is 0 Å². The lowest BCUT2D eigenvalue weighted by molar-refractivity contribution is -0.167. The monoisotopic (exact) mass is 228 g/mol. The van der Waals surface area contributed by atoms with Gasteiger partial charge in [-0.2, -0.15) is 0 Å². The van der Waals surface area contributed by atoms with Crippen molar-refractivity contribution in [3.63, 3.8) is 0 Å². The van der Waals surface area contributed by atoms with Crippen LogP contribution in [-0.4, -0.2) is 47.7 Å². The van der Waals surface area contributed by atoms with Crippen LogP contribution in [0.4, 0.5) is 0 Å². The minimum Gasteiger partial charge on any atom is -0.386 e. The van der Waals surface area contributed by atoms with Gasteiger partial charge in [0.15, 0.2) is 0 Å². The first-order valence-corrected chi connectivity index (χ1v) is 6.12. The number of β-amino-alcohol motifs (C(OH)–C–C–N with tert-alkyl or cyclic N) is 1. The van der Waals surface area contributed by atoms with Crippen LogP contribution < -0.4 is 5.32 Å². The number of nitrogens with one attached hydrogen (secondary N) is 1. The molecule has 0 bridgehead atoms. The van der Waals surface area contributed by atoms with Gasteiger partial charge in [-0.25, -0.2) is 0 Å². The van der Waals surface area contributed by atoms with E-state index in [1.54, 1.807) is 4.90 Å². The fourth-order valence-electron chi connectivity index (χ4n) is 1.90. The van der Waals surface area contributed by atoms with Gasteiger partial charge < -0.3 is 15.3 Å². The molecule has 4 nitrogen and oxygen atoms in total. The maximum Gasteiger partial charge on any atom is 0.226 e. The standard InChI is InChI=1S/C12H24N2O2/c1-5-13-6-10(4)11(15)14-7-12(16,8-14)9(2)3/h9-10,13,16H,5-8H2,1-4H3. The van der Waals surface area contributed by atoms with E-state index in [9.17, 15) is 9.90 Å². The zero-order chi connectivity index (χ0) is 12.3. The Morgan fingerprint density at radius 1 is 1.44 bits per heavy atom. The van der Waals surface area contributed by atoms with Gasteiger partial charge in [0.2, 0.25) is 5.91 Å². The predicted molar refractivity (Wildman–Crippen MR) is 64.1 cm³/mol. The number of rotatable bonds is 5. The van der Waals surface area contributed by atoms with Crippen molar-refractivity contribution in [3.8, 4) is 0 Å². The number of hydrogen-bond donors (Lipinski definition) is 2. The molecular weight excluding hydrogens is 204 g/mol. The quantitative estimate of drug-likeness (QED) is 0.719. The molecule has 1 heterocycles. The summed E-state index contributed by atoms with van der Waals surface area (Å²) in [4.78, 5) is 13.7. The minimum absolute atomic E-state index is 0.00309. The van der Waals surface area contributed by atoms with E-state index in [0.717, 1.165) is 6.54 Å². The lowest BCUT2D eigenvalue weighted by Crippen LogP contribution is -2.67. The second kappa shape index (κ2) is 5.15.